The van der Waals surface area contributed by atoms with Gasteiger partial charge in [0.1, 0.15) is 5.75 Å². The molecule has 0 atom stereocenters. The predicted octanol–water partition coefficient (Wildman–Crippen LogP) is 3.01. The summed E-state index contributed by atoms with van der Waals surface area (Å²) in [4.78, 5) is 17.2. The van der Waals surface area contributed by atoms with Crippen LogP contribution in [0.3, 0.4) is 0 Å². The van der Waals surface area contributed by atoms with Gasteiger partial charge >= 0.3 is 0 Å². The molecule has 5 nitrogen and oxygen atoms in total. The van der Waals surface area contributed by atoms with E-state index in [1.807, 2.05) is 36.4 Å². The topological polar surface area (TPSA) is 44.8 Å². The third-order valence-corrected chi connectivity index (χ3v) is 5.05. The summed E-state index contributed by atoms with van der Waals surface area (Å²) in [6.45, 7) is 8.86. The van der Waals surface area contributed by atoms with Crippen molar-refractivity contribution in [3.05, 3.63) is 59.7 Å². The Morgan fingerprint density at radius 2 is 1.70 bits per heavy atom. The molecule has 3 rings (SSSR count). The Kier molecular flexibility index (Phi) is 6.85. The summed E-state index contributed by atoms with van der Waals surface area (Å²) in [5, 5.41) is 2.97. The lowest BCUT2D eigenvalue weighted by atomic mass is 10.1. The first-order valence-corrected chi connectivity index (χ1v) is 9.62. The smallest absolute Gasteiger partial charge is 0.228 e. The summed E-state index contributed by atoms with van der Waals surface area (Å²) < 4.78 is 5.20. The van der Waals surface area contributed by atoms with E-state index in [1.165, 1.54) is 5.56 Å². The maximum Gasteiger partial charge on any atom is 0.228 e. The predicted molar refractivity (Wildman–Crippen MR) is 109 cm³/mol. The number of hydrogen-bond acceptors (Lipinski definition) is 4. The van der Waals surface area contributed by atoms with E-state index in [0.29, 0.717) is 6.42 Å². The van der Waals surface area contributed by atoms with E-state index in [0.717, 1.165) is 56.3 Å². The third kappa shape index (κ3) is 5.81. The molecule has 144 valence electrons. The Morgan fingerprint density at radius 3 is 2.37 bits per heavy atom. The first kappa shape index (κ1) is 19.4. The zero-order chi connectivity index (χ0) is 19.1. The summed E-state index contributed by atoms with van der Waals surface area (Å²) in [6, 6.07) is 15.8. The van der Waals surface area contributed by atoms with Crippen LogP contribution in [0.15, 0.2) is 48.5 Å². The highest BCUT2D eigenvalue weighted by Gasteiger charge is 2.15. The normalized spacial score (nSPS) is 15.5. The molecule has 0 radical (unpaired) electrons. The first-order chi connectivity index (χ1) is 13.2. The van der Waals surface area contributed by atoms with E-state index in [9.17, 15) is 4.79 Å². The van der Waals surface area contributed by atoms with Gasteiger partial charge in [-0.05, 0) is 41.9 Å². The van der Waals surface area contributed by atoms with Crippen LogP contribution in [-0.4, -0.2) is 55.5 Å². The second-order valence-corrected chi connectivity index (χ2v) is 6.98. The summed E-state index contributed by atoms with van der Waals surface area (Å²) >= 11 is 0. The van der Waals surface area contributed by atoms with Crippen molar-refractivity contribution >= 4 is 11.6 Å². The quantitative estimate of drug-likeness (QED) is 0.817. The number of ether oxygens (including phenoxy) is 1. The Bertz CT molecular complexity index is 737. The van der Waals surface area contributed by atoms with E-state index in [1.54, 1.807) is 7.11 Å². The highest BCUT2D eigenvalue weighted by Crippen LogP contribution is 2.15. The molecule has 0 saturated carbocycles. The maximum atomic E-state index is 12.3. The maximum absolute atomic E-state index is 12.3. The van der Waals surface area contributed by atoms with Crippen molar-refractivity contribution in [2.75, 3.05) is 45.2 Å². The molecule has 0 bridgehead atoms. The number of likely N-dealkylation sites (N-methyl/N-ethyl adjacent to an activating group) is 1. The first-order valence-electron chi connectivity index (χ1n) is 9.62. The minimum Gasteiger partial charge on any atom is -0.497 e. The monoisotopic (exact) mass is 367 g/mol. The number of methoxy groups -OCH3 is 1. The van der Waals surface area contributed by atoms with Gasteiger partial charge in [0.05, 0.1) is 13.5 Å². The van der Waals surface area contributed by atoms with Crippen LogP contribution < -0.4 is 10.1 Å². The number of carbonyl (C=O) groups excluding carboxylic acids is 1. The second kappa shape index (κ2) is 9.53. The van der Waals surface area contributed by atoms with Crippen LogP contribution in [-0.2, 0) is 17.8 Å². The summed E-state index contributed by atoms with van der Waals surface area (Å²) in [5.74, 6) is 0.746. The minimum atomic E-state index is -0.0216. The fraction of sp³-hybridized carbons (Fsp3) is 0.409. The zero-order valence-electron chi connectivity index (χ0n) is 16.3. The SMILES string of the molecule is CCN1CCN(Cc2ccc(NC(=O)Cc3cccc(OC)c3)cc2)CC1. The molecule has 2 aromatic rings. The molecule has 0 aromatic heterocycles. The van der Waals surface area contributed by atoms with E-state index in [2.05, 4.69) is 34.2 Å². The number of anilines is 1. The molecule has 1 fully saturated rings. The van der Waals surface area contributed by atoms with Crippen LogP contribution in [0, 0.1) is 0 Å². The van der Waals surface area contributed by atoms with E-state index >= 15 is 0 Å². The molecule has 2 aromatic carbocycles. The van der Waals surface area contributed by atoms with Crippen LogP contribution in [0.1, 0.15) is 18.1 Å². The van der Waals surface area contributed by atoms with Crippen molar-refractivity contribution < 1.29 is 9.53 Å². The lowest BCUT2D eigenvalue weighted by Crippen LogP contribution is -2.45. The lowest BCUT2D eigenvalue weighted by Gasteiger charge is -2.34. The van der Waals surface area contributed by atoms with Crippen LogP contribution in [0.5, 0.6) is 5.75 Å². The van der Waals surface area contributed by atoms with Crippen molar-refractivity contribution in [3.8, 4) is 5.75 Å². The van der Waals surface area contributed by atoms with Crippen molar-refractivity contribution in [3.63, 3.8) is 0 Å². The molecule has 0 aliphatic carbocycles. The van der Waals surface area contributed by atoms with Gasteiger partial charge in [0.2, 0.25) is 5.91 Å². The molecule has 1 aliphatic rings. The van der Waals surface area contributed by atoms with Crippen molar-refractivity contribution in [2.24, 2.45) is 0 Å². The standard InChI is InChI=1S/C22H29N3O2/c1-3-24-11-13-25(14-12-24)17-18-7-9-20(10-8-18)23-22(26)16-19-5-4-6-21(15-19)27-2/h4-10,15H,3,11-14,16-17H2,1-2H3,(H,23,26). The fourth-order valence-corrected chi connectivity index (χ4v) is 3.39. The van der Waals surface area contributed by atoms with E-state index < -0.39 is 0 Å². The molecular formula is C22H29N3O2. The van der Waals surface area contributed by atoms with E-state index in [-0.39, 0.29) is 5.91 Å². The molecule has 1 heterocycles. The molecule has 1 N–H and O–H groups in total. The number of carbonyl (C=O) groups is 1. The second-order valence-electron chi connectivity index (χ2n) is 6.98. The van der Waals surface area contributed by atoms with Gasteiger partial charge in [-0.3, -0.25) is 9.69 Å². The molecule has 5 heteroatoms. The summed E-state index contributed by atoms with van der Waals surface area (Å²) in [7, 11) is 1.63. The van der Waals surface area contributed by atoms with Gasteiger partial charge in [-0.1, -0.05) is 31.2 Å². The molecule has 0 unspecified atom stereocenters. The van der Waals surface area contributed by atoms with Crippen molar-refractivity contribution in [1.29, 1.82) is 0 Å². The molecule has 27 heavy (non-hydrogen) atoms. The third-order valence-electron chi connectivity index (χ3n) is 5.05. The molecular weight excluding hydrogens is 338 g/mol. The van der Waals surface area contributed by atoms with Crippen LogP contribution in [0.25, 0.3) is 0 Å². The van der Waals surface area contributed by atoms with Crippen molar-refractivity contribution in [1.82, 2.24) is 9.80 Å². The Labute approximate surface area is 161 Å². The number of nitrogens with zero attached hydrogens (tertiary/aromatic N) is 2. The van der Waals surface area contributed by atoms with Gasteiger partial charge in [0.15, 0.2) is 0 Å². The van der Waals surface area contributed by atoms with Crippen LogP contribution in [0.2, 0.25) is 0 Å². The molecule has 1 saturated heterocycles. The zero-order valence-corrected chi connectivity index (χ0v) is 16.3. The lowest BCUT2D eigenvalue weighted by molar-refractivity contribution is -0.115. The Balaban J connectivity index is 1.49. The summed E-state index contributed by atoms with van der Waals surface area (Å²) in [6.07, 6.45) is 0.334. The summed E-state index contributed by atoms with van der Waals surface area (Å²) in [5.41, 5.74) is 3.06. The van der Waals surface area contributed by atoms with Crippen molar-refractivity contribution in [2.45, 2.75) is 19.9 Å². The van der Waals surface area contributed by atoms with Gasteiger partial charge in [-0.25, -0.2) is 0 Å². The number of benzene rings is 2. The average Bonchev–Trinajstić information content (AvgIpc) is 2.70. The average molecular weight is 367 g/mol. The van der Waals surface area contributed by atoms with Crippen LogP contribution >= 0.6 is 0 Å². The number of hydrogen-bond donors (Lipinski definition) is 1. The molecule has 1 amide bonds. The highest BCUT2D eigenvalue weighted by atomic mass is 16.5. The van der Waals surface area contributed by atoms with Crippen LogP contribution in [0.4, 0.5) is 5.69 Å². The fourth-order valence-electron chi connectivity index (χ4n) is 3.39. The minimum absolute atomic E-state index is 0.0216. The number of amides is 1. The molecule has 1 aliphatic heterocycles. The van der Waals surface area contributed by atoms with Gasteiger partial charge in [-0.2, -0.15) is 0 Å². The van der Waals surface area contributed by atoms with Gasteiger partial charge < -0.3 is 15.0 Å². The van der Waals surface area contributed by atoms with E-state index in [4.69, 9.17) is 4.74 Å². The Hall–Kier alpha value is -2.37. The molecule has 0 spiro atoms. The number of nitrogens with one attached hydrogen (secondary N) is 1. The Morgan fingerprint density at radius 1 is 1.00 bits per heavy atom. The number of piperazine rings is 1. The van der Waals surface area contributed by atoms with Gasteiger partial charge in [-0.15, -0.1) is 0 Å². The largest absolute Gasteiger partial charge is 0.497 e. The van der Waals surface area contributed by atoms with Gasteiger partial charge in [0.25, 0.3) is 0 Å². The van der Waals surface area contributed by atoms with Gasteiger partial charge in [0, 0.05) is 38.4 Å². The highest BCUT2D eigenvalue weighted by molar-refractivity contribution is 5.92. The number of rotatable bonds is 7.